The van der Waals surface area contributed by atoms with Crippen LogP contribution >= 0.6 is 11.6 Å². The largest absolute Gasteiger partial charge is 0.469 e. The molecular weight excluding hydrogens is 242 g/mol. The Hall–Kier alpha value is -1.07. The summed E-state index contributed by atoms with van der Waals surface area (Å²) in [5, 5.41) is 4.79. The van der Waals surface area contributed by atoms with Gasteiger partial charge in [-0.05, 0) is 5.92 Å². The molecule has 0 amide bonds. The number of halogens is 1. The Balaban J connectivity index is 3.06. The Morgan fingerprint density at radius 2 is 2.18 bits per heavy atom. The molecule has 0 saturated carbocycles. The summed E-state index contributed by atoms with van der Waals surface area (Å²) in [4.78, 5) is 11.2. The monoisotopic (exact) mass is 259 g/mol. The van der Waals surface area contributed by atoms with E-state index in [1.807, 2.05) is 13.8 Å². The van der Waals surface area contributed by atoms with E-state index in [-0.39, 0.29) is 18.3 Å². The fourth-order valence-electron chi connectivity index (χ4n) is 1.67. The molecule has 1 heterocycles. The van der Waals surface area contributed by atoms with Gasteiger partial charge in [-0.25, -0.2) is 0 Å². The quantitative estimate of drug-likeness (QED) is 0.837. The summed E-state index contributed by atoms with van der Waals surface area (Å²) in [5.74, 6) is -0.153. The summed E-state index contributed by atoms with van der Waals surface area (Å²) in [6.07, 6.45) is 0.0988. The third kappa shape index (κ3) is 2.98. The van der Waals surface area contributed by atoms with E-state index in [0.717, 1.165) is 11.3 Å². The van der Waals surface area contributed by atoms with Gasteiger partial charge in [-0.2, -0.15) is 5.10 Å². The predicted molar refractivity (Wildman–Crippen MR) is 65.9 cm³/mol. The molecule has 17 heavy (non-hydrogen) atoms. The first-order chi connectivity index (χ1) is 7.88. The zero-order chi connectivity index (χ0) is 13.2. The average molecular weight is 260 g/mol. The normalized spacial score (nSPS) is 12.9. The van der Waals surface area contributed by atoms with Crippen molar-refractivity contribution >= 4 is 17.6 Å². The lowest BCUT2D eigenvalue weighted by molar-refractivity contribution is -0.141. The molecule has 0 bridgehead atoms. The van der Waals surface area contributed by atoms with Crippen LogP contribution < -0.4 is 5.73 Å². The molecule has 5 nitrogen and oxygen atoms in total. The number of hydrogen-bond acceptors (Lipinski definition) is 4. The Bertz CT molecular complexity index is 415. The second-order valence-corrected chi connectivity index (χ2v) is 4.61. The van der Waals surface area contributed by atoms with Gasteiger partial charge < -0.3 is 10.5 Å². The number of ether oxygens (including phenoxy) is 1. The maximum Gasteiger partial charge on any atom is 0.307 e. The van der Waals surface area contributed by atoms with Crippen molar-refractivity contribution in [2.75, 3.05) is 7.11 Å². The van der Waals surface area contributed by atoms with Crippen LogP contribution in [0.2, 0.25) is 5.15 Å². The fraction of sp³-hybridized carbons (Fsp3) is 0.636. The van der Waals surface area contributed by atoms with Gasteiger partial charge in [0.2, 0.25) is 0 Å². The highest BCUT2D eigenvalue weighted by Crippen LogP contribution is 2.31. The Labute approximate surface area is 106 Å². The molecular formula is C11H18ClN3O2. The number of hydrogen-bond donors (Lipinski definition) is 1. The molecule has 1 atom stereocenters. The van der Waals surface area contributed by atoms with Crippen molar-refractivity contribution in [1.29, 1.82) is 0 Å². The smallest absolute Gasteiger partial charge is 0.307 e. The number of carbonyl (C=O) groups excluding carboxylic acids is 1. The second-order valence-electron chi connectivity index (χ2n) is 4.25. The van der Waals surface area contributed by atoms with Crippen LogP contribution in [0.4, 0.5) is 0 Å². The lowest BCUT2D eigenvalue weighted by Gasteiger charge is -2.12. The zero-order valence-corrected chi connectivity index (χ0v) is 11.3. The third-order valence-corrected chi connectivity index (χ3v) is 3.02. The molecule has 0 aromatic carbocycles. The van der Waals surface area contributed by atoms with Gasteiger partial charge in [0.1, 0.15) is 5.15 Å². The summed E-state index contributed by atoms with van der Waals surface area (Å²) in [6.45, 7) is 4.01. The SMILES string of the molecule is COC(=O)C[C@@H](N)c1c(C(C)C)nn(C)c1Cl. The van der Waals surface area contributed by atoms with Crippen molar-refractivity contribution in [2.45, 2.75) is 32.2 Å². The Kier molecular flexibility index (Phi) is 4.54. The zero-order valence-electron chi connectivity index (χ0n) is 10.5. The Morgan fingerprint density at radius 3 is 2.65 bits per heavy atom. The van der Waals surface area contributed by atoms with E-state index in [0.29, 0.717) is 5.15 Å². The first-order valence-corrected chi connectivity index (χ1v) is 5.81. The van der Waals surface area contributed by atoms with Crippen LogP contribution in [0.5, 0.6) is 0 Å². The van der Waals surface area contributed by atoms with Crippen LogP contribution in [0.1, 0.15) is 43.5 Å². The van der Waals surface area contributed by atoms with Crippen molar-refractivity contribution in [3.05, 3.63) is 16.4 Å². The molecule has 0 spiro atoms. The molecule has 0 aliphatic carbocycles. The van der Waals surface area contributed by atoms with Gasteiger partial charge >= 0.3 is 5.97 Å². The lowest BCUT2D eigenvalue weighted by atomic mass is 9.99. The first-order valence-electron chi connectivity index (χ1n) is 5.43. The molecule has 0 fully saturated rings. The first kappa shape index (κ1) is 14.0. The van der Waals surface area contributed by atoms with Crippen LogP contribution in [0.25, 0.3) is 0 Å². The highest BCUT2D eigenvalue weighted by atomic mass is 35.5. The van der Waals surface area contributed by atoms with E-state index in [1.54, 1.807) is 11.7 Å². The number of carbonyl (C=O) groups is 1. The molecule has 0 aliphatic rings. The van der Waals surface area contributed by atoms with Crippen LogP contribution in [0.3, 0.4) is 0 Å². The summed E-state index contributed by atoms with van der Waals surface area (Å²) in [5.41, 5.74) is 7.54. The number of aryl methyl sites for hydroxylation is 1. The van der Waals surface area contributed by atoms with Gasteiger partial charge in [0.25, 0.3) is 0 Å². The molecule has 0 radical (unpaired) electrons. The van der Waals surface area contributed by atoms with Gasteiger partial charge in [0.05, 0.1) is 19.2 Å². The average Bonchev–Trinajstić information content (AvgIpc) is 2.55. The maximum atomic E-state index is 11.2. The standard InChI is InChI=1S/C11H18ClN3O2/c1-6(2)10-9(11(12)15(3)14-10)7(13)5-8(16)17-4/h6-7H,5,13H2,1-4H3/t7-/m1/s1. The van der Waals surface area contributed by atoms with E-state index in [9.17, 15) is 4.79 Å². The number of nitrogens with zero attached hydrogens (tertiary/aromatic N) is 2. The highest BCUT2D eigenvalue weighted by molar-refractivity contribution is 6.30. The minimum Gasteiger partial charge on any atom is -0.469 e. The number of aromatic nitrogens is 2. The topological polar surface area (TPSA) is 70.1 Å². The van der Waals surface area contributed by atoms with Gasteiger partial charge in [0, 0.05) is 18.7 Å². The maximum absolute atomic E-state index is 11.2. The van der Waals surface area contributed by atoms with Crippen molar-refractivity contribution in [3.63, 3.8) is 0 Å². The fourth-order valence-corrected chi connectivity index (χ4v) is 1.95. The van der Waals surface area contributed by atoms with Crippen LogP contribution in [0, 0.1) is 0 Å². The van der Waals surface area contributed by atoms with Crippen molar-refractivity contribution in [1.82, 2.24) is 9.78 Å². The van der Waals surface area contributed by atoms with Gasteiger partial charge in [-0.1, -0.05) is 25.4 Å². The molecule has 0 saturated heterocycles. The third-order valence-electron chi connectivity index (χ3n) is 2.57. The van der Waals surface area contributed by atoms with Crippen molar-refractivity contribution in [3.8, 4) is 0 Å². The second kappa shape index (κ2) is 5.51. The summed E-state index contributed by atoms with van der Waals surface area (Å²) < 4.78 is 6.17. The molecule has 1 aromatic rings. The van der Waals surface area contributed by atoms with Crippen LogP contribution in [-0.4, -0.2) is 22.9 Å². The number of methoxy groups -OCH3 is 1. The highest BCUT2D eigenvalue weighted by Gasteiger charge is 2.24. The van der Waals surface area contributed by atoms with Crippen molar-refractivity contribution in [2.24, 2.45) is 12.8 Å². The van der Waals surface area contributed by atoms with E-state index in [2.05, 4.69) is 9.84 Å². The predicted octanol–water partition coefficient (Wildman–Crippen LogP) is 1.76. The molecule has 6 heteroatoms. The van der Waals surface area contributed by atoms with Crippen LogP contribution in [-0.2, 0) is 16.6 Å². The van der Waals surface area contributed by atoms with Gasteiger partial charge in [0.15, 0.2) is 0 Å². The van der Waals surface area contributed by atoms with E-state index >= 15 is 0 Å². The minimum absolute atomic E-state index is 0.0988. The molecule has 1 aromatic heterocycles. The molecule has 96 valence electrons. The molecule has 1 rings (SSSR count). The number of rotatable bonds is 4. The number of nitrogens with two attached hydrogens (primary N) is 1. The lowest BCUT2D eigenvalue weighted by Crippen LogP contribution is -2.18. The summed E-state index contributed by atoms with van der Waals surface area (Å²) in [7, 11) is 3.09. The van der Waals surface area contributed by atoms with Crippen molar-refractivity contribution < 1.29 is 9.53 Å². The molecule has 0 unspecified atom stereocenters. The van der Waals surface area contributed by atoms with E-state index in [1.165, 1.54) is 7.11 Å². The van der Waals surface area contributed by atoms with E-state index in [4.69, 9.17) is 17.3 Å². The van der Waals surface area contributed by atoms with E-state index < -0.39 is 6.04 Å². The Morgan fingerprint density at radius 1 is 1.59 bits per heavy atom. The minimum atomic E-state index is -0.485. The van der Waals surface area contributed by atoms with Gasteiger partial charge in [-0.15, -0.1) is 0 Å². The molecule has 2 N–H and O–H groups in total. The summed E-state index contributed by atoms with van der Waals surface area (Å²) >= 11 is 6.15. The van der Waals surface area contributed by atoms with Crippen LogP contribution in [0.15, 0.2) is 0 Å². The van der Waals surface area contributed by atoms with Gasteiger partial charge in [-0.3, -0.25) is 9.48 Å². The summed E-state index contributed by atoms with van der Waals surface area (Å²) in [6, 6.07) is -0.485. The molecule has 0 aliphatic heterocycles. The number of esters is 1.